The fourth-order valence-corrected chi connectivity index (χ4v) is 2.78. The molecule has 0 amide bonds. The molecule has 1 aromatic carbocycles. The van der Waals surface area contributed by atoms with Crippen LogP contribution in [0.5, 0.6) is 0 Å². The van der Waals surface area contributed by atoms with Gasteiger partial charge < -0.3 is 5.73 Å². The lowest BCUT2D eigenvalue weighted by molar-refractivity contribution is 0.317. The van der Waals surface area contributed by atoms with Crippen LogP contribution in [-0.2, 0) is 10.0 Å². The molecule has 3 N–H and O–H groups in total. The van der Waals surface area contributed by atoms with Crippen molar-refractivity contribution in [1.29, 1.82) is 0 Å². The van der Waals surface area contributed by atoms with Crippen molar-refractivity contribution in [1.82, 2.24) is 4.72 Å². The fraction of sp³-hybridized carbons (Fsp3) is 0.500. The number of rotatable bonds is 3. The molecule has 0 radical (unpaired) electrons. The van der Waals surface area contributed by atoms with E-state index in [4.69, 9.17) is 5.73 Å². The molecule has 0 aliphatic heterocycles. The summed E-state index contributed by atoms with van der Waals surface area (Å²) >= 11 is 0. The summed E-state index contributed by atoms with van der Waals surface area (Å²) in [4.78, 5) is 0.135. The molecule has 0 fully saturated rings. The number of nitrogens with one attached hydrogen (secondary N) is 1. The molecule has 0 heterocycles. The largest absolute Gasteiger partial charge is 0.398 e. The lowest BCUT2D eigenvalue weighted by Gasteiger charge is -2.28. The van der Waals surface area contributed by atoms with Crippen molar-refractivity contribution in [2.75, 3.05) is 5.73 Å². The second-order valence-electron chi connectivity index (χ2n) is 5.25. The van der Waals surface area contributed by atoms with Crippen molar-refractivity contribution >= 4 is 15.7 Å². The number of anilines is 1. The van der Waals surface area contributed by atoms with Crippen molar-refractivity contribution < 1.29 is 8.42 Å². The Hall–Kier alpha value is -1.07. The first-order chi connectivity index (χ1) is 7.64. The van der Waals surface area contributed by atoms with E-state index in [1.807, 2.05) is 27.7 Å². The van der Waals surface area contributed by atoms with Gasteiger partial charge in [-0.1, -0.05) is 32.9 Å². The van der Waals surface area contributed by atoms with Crippen LogP contribution >= 0.6 is 0 Å². The Kier molecular flexibility index (Phi) is 3.84. The summed E-state index contributed by atoms with van der Waals surface area (Å²) in [5, 5.41) is 0. The Labute approximate surface area is 103 Å². The van der Waals surface area contributed by atoms with Gasteiger partial charge in [-0.25, -0.2) is 13.1 Å². The average Bonchev–Trinajstić information content (AvgIpc) is 2.15. The molecule has 0 saturated carbocycles. The molecule has 17 heavy (non-hydrogen) atoms. The minimum Gasteiger partial charge on any atom is -0.398 e. The van der Waals surface area contributed by atoms with Gasteiger partial charge in [0, 0.05) is 6.04 Å². The highest BCUT2D eigenvalue weighted by molar-refractivity contribution is 7.89. The Morgan fingerprint density at radius 3 is 2.24 bits per heavy atom. The molecule has 96 valence electrons. The molecule has 0 aliphatic rings. The monoisotopic (exact) mass is 256 g/mol. The summed E-state index contributed by atoms with van der Waals surface area (Å²) in [6.45, 7) is 7.79. The normalized spacial score (nSPS) is 14.6. The van der Waals surface area contributed by atoms with E-state index in [9.17, 15) is 8.42 Å². The second kappa shape index (κ2) is 4.66. The Morgan fingerprint density at radius 1 is 1.24 bits per heavy atom. The van der Waals surface area contributed by atoms with Crippen molar-refractivity contribution in [3.05, 3.63) is 24.3 Å². The van der Waals surface area contributed by atoms with E-state index in [1.165, 1.54) is 6.07 Å². The highest BCUT2D eigenvalue weighted by Gasteiger charge is 2.26. The molecular weight excluding hydrogens is 236 g/mol. The summed E-state index contributed by atoms with van der Waals surface area (Å²) in [7, 11) is -3.55. The number of hydrogen-bond donors (Lipinski definition) is 2. The number of benzene rings is 1. The number of hydrogen-bond acceptors (Lipinski definition) is 3. The molecule has 0 spiro atoms. The van der Waals surface area contributed by atoms with Crippen molar-refractivity contribution in [3.8, 4) is 0 Å². The van der Waals surface area contributed by atoms with Gasteiger partial charge in [-0.05, 0) is 24.5 Å². The third-order valence-corrected chi connectivity index (χ3v) is 4.45. The minimum atomic E-state index is -3.55. The van der Waals surface area contributed by atoms with Gasteiger partial charge >= 0.3 is 0 Å². The molecule has 0 aromatic heterocycles. The number of para-hydroxylation sites is 1. The summed E-state index contributed by atoms with van der Waals surface area (Å²) in [5.41, 5.74) is 5.79. The van der Waals surface area contributed by atoms with E-state index in [1.54, 1.807) is 18.2 Å². The van der Waals surface area contributed by atoms with Crippen LogP contribution in [-0.4, -0.2) is 14.5 Å². The van der Waals surface area contributed by atoms with Crippen LogP contribution in [0.2, 0.25) is 0 Å². The maximum Gasteiger partial charge on any atom is 0.242 e. The molecule has 0 saturated heterocycles. The molecule has 0 bridgehead atoms. The first-order valence-corrected chi connectivity index (χ1v) is 7.00. The maximum atomic E-state index is 12.1. The van der Waals surface area contributed by atoms with Gasteiger partial charge in [0.25, 0.3) is 0 Å². The molecule has 1 aromatic rings. The quantitative estimate of drug-likeness (QED) is 0.812. The third-order valence-electron chi connectivity index (χ3n) is 2.84. The van der Waals surface area contributed by atoms with Gasteiger partial charge in [-0.15, -0.1) is 0 Å². The van der Waals surface area contributed by atoms with Crippen LogP contribution in [0.25, 0.3) is 0 Å². The van der Waals surface area contributed by atoms with E-state index >= 15 is 0 Å². The van der Waals surface area contributed by atoms with Crippen molar-refractivity contribution in [2.45, 2.75) is 38.6 Å². The molecule has 1 atom stereocenters. The Balaban J connectivity index is 3.03. The summed E-state index contributed by atoms with van der Waals surface area (Å²) in [6, 6.07) is 6.28. The van der Waals surface area contributed by atoms with Gasteiger partial charge in [0.1, 0.15) is 4.90 Å². The van der Waals surface area contributed by atoms with Crippen LogP contribution in [0.15, 0.2) is 29.2 Å². The predicted octanol–water partition coefficient (Wildman–Crippen LogP) is 1.98. The fourth-order valence-electron chi connectivity index (χ4n) is 1.20. The summed E-state index contributed by atoms with van der Waals surface area (Å²) in [5.74, 6) is 0. The van der Waals surface area contributed by atoms with Gasteiger partial charge in [0.05, 0.1) is 5.69 Å². The molecule has 0 aliphatic carbocycles. The third kappa shape index (κ3) is 3.44. The summed E-state index contributed by atoms with van der Waals surface area (Å²) < 4.78 is 26.9. The van der Waals surface area contributed by atoms with Crippen molar-refractivity contribution in [2.24, 2.45) is 5.41 Å². The topological polar surface area (TPSA) is 72.2 Å². The van der Waals surface area contributed by atoms with Crippen molar-refractivity contribution in [3.63, 3.8) is 0 Å². The van der Waals surface area contributed by atoms with Crippen LogP contribution in [0, 0.1) is 5.41 Å². The van der Waals surface area contributed by atoms with E-state index in [0.29, 0.717) is 0 Å². The second-order valence-corrected chi connectivity index (χ2v) is 6.93. The van der Waals surface area contributed by atoms with Crippen LogP contribution < -0.4 is 10.5 Å². The molecule has 1 rings (SSSR count). The molecule has 5 heteroatoms. The first-order valence-electron chi connectivity index (χ1n) is 5.51. The Bertz CT molecular complexity index is 489. The predicted molar refractivity (Wildman–Crippen MR) is 70.1 cm³/mol. The summed E-state index contributed by atoms with van der Waals surface area (Å²) in [6.07, 6.45) is 0. The zero-order valence-electron chi connectivity index (χ0n) is 10.7. The van der Waals surface area contributed by atoms with Gasteiger partial charge in [-0.2, -0.15) is 0 Å². The average molecular weight is 256 g/mol. The molecule has 1 unspecified atom stereocenters. The number of nitrogen functional groups attached to an aromatic ring is 1. The van der Waals surface area contributed by atoms with E-state index in [-0.39, 0.29) is 22.0 Å². The highest BCUT2D eigenvalue weighted by Crippen LogP contribution is 2.23. The van der Waals surface area contributed by atoms with Gasteiger partial charge in [-0.3, -0.25) is 0 Å². The van der Waals surface area contributed by atoms with Crippen LogP contribution in [0.3, 0.4) is 0 Å². The van der Waals surface area contributed by atoms with E-state index in [0.717, 1.165) is 0 Å². The standard InChI is InChI=1S/C12H20N2O2S/c1-9(12(2,3)4)14-17(15,16)11-8-6-5-7-10(11)13/h5-9,14H,13H2,1-4H3. The highest BCUT2D eigenvalue weighted by atomic mass is 32.2. The van der Waals surface area contributed by atoms with Gasteiger partial charge in [0.2, 0.25) is 10.0 Å². The van der Waals surface area contributed by atoms with Crippen LogP contribution in [0.1, 0.15) is 27.7 Å². The van der Waals surface area contributed by atoms with E-state index in [2.05, 4.69) is 4.72 Å². The first kappa shape index (κ1) is 14.0. The van der Waals surface area contributed by atoms with Gasteiger partial charge in [0.15, 0.2) is 0 Å². The number of nitrogens with two attached hydrogens (primary N) is 1. The zero-order valence-corrected chi connectivity index (χ0v) is 11.5. The lowest BCUT2D eigenvalue weighted by Crippen LogP contribution is -2.41. The molecular formula is C12H20N2O2S. The maximum absolute atomic E-state index is 12.1. The smallest absolute Gasteiger partial charge is 0.242 e. The van der Waals surface area contributed by atoms with E-state index < -0.39 is 10.0 Å². The Morgan fingerprint density at radius 2 is 1.76 bits per heavy atom. The zero-order chi connectivity index (χ0) is 13.3. The molecule has 4 nitrogen and oxygen atoms in total. The lowest BCUT2D eigenvalue weighted by atomic mass is 9.89. The number of sulfonamides is 1. The van der Waals surface area contributed by atoms with Crippen LogP contribution in [0.4, 0.5) is 5.69 Å². The minimum absolute atomic E-state index is 0.135. The SMILES string of the molecule is CC(NS(=O)(=O)c1ccccc1N)C(C)(C)C.